The highest BCUT2D eigenvalue weighted by Crippen LogP contribution is 2.46. The lowest BCUT2D eigenvalue weighted by molar-refractivity contribution is -0.150. The van der Waals surface area contributed by atoms with Gasteiger partial charge in [-0.3, -0.25) is 43.5 Å². The van der Waals surface area contributed by atoms with Crippen LogP contribution in [0.1, 0.15) is 57.4 Å². The first kappa shape index (κ1) is 98.9. The number of nitrogens with zero attached hydrogens (tertiary/aromatic N) is 10. The smallest absolute Gasteiger partial charge is 0.352 e. The largest absolute Gasteiger partial charge is 0.477 e. The van der Waals surface area contributed by atoms with Gasteiger partial charge in [0, 0.05) is 73.7 Å². The maximum atomic E-state index is 13.9. The number of benzene rings is 7. The van der Waals surface area contributed by atoms with Crippen molar-refractivity contribution in [2.45, 2.75) is 56.7 Å². The average molecular weight is 1980 g/mol. The standard InChI is InChI=1S/C33H27N5O5S2.C25H21N3O2S.C14H13N5O5S2.C9H10N2O3S.C8H7NS2.C2H6OPS/c1-2-20-18-44-30-26(29(40)38(30)27(20)31(41)42)36-28(39)25(24-19-45-32(34)35-24)37-43-33(21-12-6-3-7-13-21,22-14-8-4-9-15-22)23-16-10-5-11-17-23;1-18(29)23(22-17-31-24(26)27-22)28-30-25(19-11-5-2-6-12-19,20-13-7-3-8-14-20)21-15-9-4-10-16-21;1-2-5-3-25-12-8(11(21)19(12)9(5)13(22)23)17-10(20)7(18-24)6-4-26-14(15)16-6;1-2-4-3-15-8-5(10)7(12)11(8)6(4)9(13)14;1-10-8-9-6-4-2-3-5-7(6)11-8;1-3-4(2)5/h2-17,19,26,30H,1,18H2,(H2,34,35)(H,36,39)(H,41,42);2-17H,1H3,(H2,26,27);2,4,8,12,24H,1,3H2,(H2,15,16)(H,17,20)(H,22,23);2,5,8H,1,3,10H2,(H,13,14);2-5H,1H3;1-2H3/q;;;;;+1/b37-25+;;18-7-;;;. The van der Waals surface area contributed by atoms with E-state index in [0.717, 1.165) is 70.8 Å². The fraction of sp³-hybridized carbons (Fsp3) is 0.165. The van der Waals surface area contributed by atoms with Crippen molar-refractivity contribution in [1.82, 2.24) is 45.3 Å². The molecule has 4 aromatic heterocycles. The molecule has 0 bridgehead atoms. The molecular weight excluding hydrogens is 1890 g/mol. The van der Waals surface area contributed by atoms with Gasteiger partial charge in [0.2, 0.25) is 17.1 Å². The molecule has 7 atom stereocenters. The molecule has 5 amide bonds. The lowest BCUT2D eigenvalue weighted by Gasteiger charge is -2.49. The van der Waals surface area contributed by atoms with Crippen LogP contribution in [-0.2, 0) is 80.4 Å². The number of para-hydroxylation sites is 1. The summed E-state index contributed by atoms with van der Waals surface area (Å²) in [5, 5.41) is 58.3. The zero-order valence-electron chi connectivity index (χ0n) is 70.9. The number of nitrogen functional groups attached to an aromatic ring is 3. The molecular formula is C91H84N16O16PS9+. The molecule has 17 rings (SSSR count). The van der Waals surface area contributed by atoms with Gasteiger partial charge in [-0.25, -0.2) is 34.3 Å². The number of carboxylic acids is 3. The van der Waals surface area contributed by atoms with E-state index in [1.54, 1.807) is 41.0 Å². The molecule has 6 aliphatic heterocycles. The fourth-order valence-corrected chi connectivity index (χ4v) is 21.2. The van der Waals surface area contributed by atoms with Gasteiger partial charge in [-0.05, 0) is 35.1 Å². The quantitative estimate of drug-likeness (QED) is 0.00458. The number of allylic oxidation sites excluding steroid dienone is 3. The number of hydrogen-bond acceptors (Lipinski definition) is 33. The van der Waals surface area contributed by atoms with Gasteiger partial charge in [0.05, 0.1) is 17.3 Å². The van der Waals surface area contributed by atoms with Crippen LogP contribution in [0.3, 0.4) is 0 Å². The highest BCUT2D eigenvalue weighted by Gasteiger charge is 2.57. The summed E-state index contributed by atoms with van der Waals surface area (Å²) in [6.07, 6.45) is 6.36. The molecule has 3 saturated heterocycles. The van der Waals surface area contributed by atoms with Gasteiger partial charge in [0.25, 0.3) is 23.6 Å². The van der Waals surface area contributed by atoms with Crippen LogP contribution < -0.4 is 33.6 Å². The Kier molecular flexibility index (Phi) is 33.7. The second-order valence-electron chi connectivity index (χ2n) is 28.4. The summed E-state index contributed by atoms with van der Waals surface area (Å²) in [5.74, 6) is -5.61. The van der Waals surface area contributed by atoms with Crippen LogP contribution in [-0.4, -0.2) is 197 Å². The van der Waals surface area contributed by atoms with Crippen molar-refractivity contribution in [3.05, 3.63) is 345 Å². The second-order valence-corrected chi connectivity index (χ2v) is 39.3. The van der Waals surface area contributed by atoms with E-state index in [2.05, 4.69) is 94.4 Å². The first-order valence-electron chi connectivity index (χ1n) is 39.6. The number of rotatable bonds is 26. The van der Waals surface area contributed by atoms with Crippen molar-refractivity contribution in [3.8, 4) is 0 Å². The van der Waals surface area contributed by atoms with Crippen LogP contribution in [0.15, 0.2) is 314 Å². The number of thioether (sulfide) groups is 4. The highest BCUT2D eigenvalue weighted by molar-refractivity contribution is 8.02. The van der Waals surface area contributed by atoms with Gasteiger partial charge in [0.15, 0.2) is 54.5 Å². The number of thiazole rings is 4. The number of oxime groups is 3. The zero-order chi connectivity index (χ0) is 95.4. The summed E-state index contributed by atoms with van der Waals surface area (Å²) >= 11 is 15.6. The van der Waals surface area contributed by atoms with E-state index in [4.69, 9.17) is 42.9 Å². The Morgan fingerprint density at radius 3 is 1.11 bits per heavy atom. The van der Waals surface area contributed by atoms with Gasteiger partial charge in [-0.15, -0.1) is 80.6 Å². The molecule has 0 radical (unpaired) electrons. The van der Waals surface area contributed by atoms with Gasteiger partial charge in [0.1, 0.15) is 75.1 Å². The number of ketones is 1. The third kappa shape index (κ3) is 22.0. The normalized spacial score (nSPS) is 17.9. The van der Waals surface area contributed by atoms with Crippen LogP contribution in [0.2, 0.25) is 0 Å². The molecule has 133 heavy (non-hydrogen) atoms. The Labute approximate surface area is 801 Å². The maximum absolute atomic E-state index is 13.9. The minimum absolute atomic E-state index is 0.0282. The van der Waals surface area contributed by atoms with Crippen LogP contribution >= 0.6 is 99.3 Å². The summed E-state index contributed by atoms with van der Waals surface area (Å²) in [7, 11) is 1.62. The highest BCUT2D eigenvalue weighted by atomic mass is 32.4. The molecule has 3 fully saturated rings. The molecule has 10 heterocycles. The van der Waals surface area contributed by atoms with E-state index in [-0.39, 0.29) is 72.9 Å². The van der Waals surface area contributed by atoms with E-state index < -0.39 is 88.5 Å². The van der Waals surface area contributed by atoms with Crippen molar-refractivity contribution >= 4 is 207 Å². The van der Waals surface area contributed by atoms with E-state index in [9.17, 15) is 53.4 Å². The Morgan fingerprint density at radius 2 is 0.812 bits per heavy atom. The minimum Gasteiger partial charge on any atom is -0.477 e. The zero-order valence-corrected chi connectivity index (χ0v) is 79.1. The number of aromatic nitrogens is 4. The van der Waals surface area contributed by atoms with Crippen molar-refractivity contribution < 1.29 is 77.9 Å². The number of amides is 5. The first-order chi connectivity index (χ1) is 64.1. The summed E-state index contributed by atoms with van der Waals surface area (Å²) in [6, 6.07) is 63.8. The Bertz CT molecular complexity index is 6200. The molecule has 0 spiro atoms. The number of nitrogens with two attached hydrogens (primary N) is 4. The van der Waals surface area contributed by atoms with Crippen molar-refractivity contribution in [2.24, 2.45) is 21.2 Å². The summed E-state index contributed by atoms with van der Waals surface area (Å²) in [6.45, 7) is 13.6. The van der Waals surface area contributed by atoms with Crippen molar-refractivity contribution in [1.29, 1.82) is 0 Å². The Morgan fingerprint density at radius 1 is 0.504 bits per heavy atom. The van der Waals surface area contributed by atoms with Crippen LogP contribution in [0, 0.1) is 0 Å². The number of hydrogen-bond donors (Lipinski definition) is 10. The molecule has 32 nitrogen and oxygen atoms in total. The van der Waals surface area contributed by atoms with Crippen molar-refractivity contribution in [3.63, 3.8) is 0 Å². The number of carboxylic acid groups (broad SMARTS) is 3. The maximum Gasteiger partial charge on any atom is 0.352 e. The molecule has 7 aromatic carbocycles. The monoisotopic (exact) mass is 1980 g/mol. The van der Waals surface area contributed by atoms with Gasteiger partial charge >= 0.3 is 24.8 Å². The third-order valence-corrected chi connectivity index (χ3v) is 29.4. The molecule has 7 unspecified atom stereocenters. The summed E-state index contributed by atoms with van der Waals surface area (Å²) in [5.41, 5.74) is 27.9. The molecule has 6 aliphatic rings. The average Bonchev–Trinajstić information content (AvgIpc) is 1.35. The molecule has 0 saturated carbocycles. The van der Waals surface area contributed by atoms with Gasteiger partial charge < -0.3 is 63.8 Å². The molecule has 0 aliphatic carbocycles. The number of aliphatic carboxylic acids is 3. The molecule has 42 heteroatoms. The number of nitrogens with one attached hydrogen (secondary N) is 2. The van der Waals surface area contributed by atoms with E-state index in [1.165, 1.54) is 91.7 Å². The summed E-state index contributed by atoms with van der Waals surface area (Å²) < 4.78 is 7.05. The number of carbonyl (C=O) groups is 9. The second kappa shape index (κ2) is 45.3. The minimum atomic E-state index is -1.28. The number of β-lactam (4-membered cyclic amide) rings is 3. The number of anilines is 3. The lowest BCUT2D eigenvalue weighted by Crippen LogP contribution is -2.71. The van der Waals surface area contributed by atoms with E-state index in [0.29, 0.717) is 44.8 Å². The topological polar surface area (TPSA) is 489 Å². The fourth-order valence-electron chi connectivity index (χ4n) is 14.1. The Hall–Kier alpha value is -13.2. The number of carbonyl (C=O) groups excluding carboxylic acids is 6. The number of Topliss-reactive ketones (excluding diaryl/α,β-unsaturated/α-hetero) is 1. The van der Waals surface area contributed by atoms with E-state index in [1.807, 2.05) is 207 Å². The predicted octanol–water partition coefficient (Wildman–Crippen LogP) is 13.1. The van der Waals surface area contributed by atoms with Gasteiger partial charge in [-0.1, -0.05) is 259 Å². The molecule has 11 aromatic rings. The van der Waals surface area contributed by atoms with Crippen LogP contribution in [0.4, 0.5) is 15.4 Å². The lowest BCUT2D eigenvalue weighted by atomic mass is 9.80. The van der Waals surface area contributed by atoms with Crippen LogP contribution in [0.5, 0.6) is 0 Å². The van der Waals surface area contributed by atoms with Crippen molar-refractivity contribution in [2.75, 3.05) is 54.5 Å². The summed E-state index contributed by atoms with van der Waals surface area (Å²) in [4.78, 5) is 143. The molecule has 14 N–H and O–H groups in total. The molecule has 682 valence electrons. The Balaban J connectivity index is 0.000000158. The predicted molar refractivity (Wildman–Crippen MR) is 527 cm³/mol. The third-order valence-electron chi connectivity index (χ3n) is 20.4. The van der Waals surface area contributed by atoms with Crippen LogP contribution in [0.25, 0.3) is 10.2 Å². The first-order valence-corrected chi connectivity index (χ1v) is 50.2. The van der Waals surface area contributed by atoms with Gasteiger partial charge in [-0.2, -0.15) is 4.52 Å². The van der Waals surface area contributed by atoms with E-state index >= 15 is 0 Å². The number of fused-ring (bicyclic) bond motifs is 4. The SMILES string of the molecule is C=CC1=C(C(=O)O)N2C(=O)C(N)C2SC1.C=CC1=C(C(=O)O)N2C(=O)C(NC(=O)/C(=N/OC(c3ccccc3)(c3ccccc3)c3ccccc3)c3csc(N)n3)C2SC1.C=CC1=C(C(=O)O)N2C(=O)C(NC(=O)/C(=N\O)c3csc(N)n3)C2SC1.CC(=O)C(=NOC(c1ccccc1)(c1ccccc1)c1ccccc1)c1csc(N)n1.CO[P+](C)=S.CSc1nc2ccccc2s1.